The number of hydrogen-bond acceptors (Lipinski definition) is 5. The minimum atomic E-state index is -3.47. The van der Waals surface area contributed by atoms with Crippen molar-refractivity contribution >= 4 is 21.9 Å². The van der Waals surface area contributed by atoms with Crippen LogP contribution in [0, 0.1) is 0 Å². The smallest absolute Gasteiger partial charge is 0.411 e. The number of carbonyl (C=O) groups is 2. The highest BCUT2D eigenvalue weighted by Crippen LogP contribution is 2.32. The predicted octanol–water partition coefficient (Wildman–Crippen LogP) is 1.28. The second-order valence-electron chi connectivity index (χ2n) is 6.31. The lowest BCUT2D eigenvalue weighted by molar-refractivity contribution is -0.149. The molecule has 1 aliphatic heterocycles. The normalized spacial score (nSPS) is 24.6. The average molecular weight is 321 g/mol. The summed E-state index contributed by atoms with van der Waals surface area (Å²) in [6, 6.07) is 0. The first-order valence-electron chi connectivity index (χ1n) is 6.88. The second-order valence-corrected chi connectivity index (χ2v) is 8.49. The summed E-state index contributed by atoms with van der Waals surface area (Å²) in [4.78, 5) is 25.0. The Hall–Kier alpha value is -1.31. The fourth-order valence-electron chi connectivity index (χ4n) is 2.35. The van der Waals surface area contributed by atoms with Gasteiger partial charge in [-0.2, -0.15) is 0 Å². The molecule has 0 aromatic rings. The molecule has 0 bridgehead atoms. The van der Waals surface area contributed by atoms with Crippen molar-refractivity contribution in [1.29, 1.82) is 0 Å². The van der Waals surface area contributed by atoms with E-state index in [0.29, 0.717) is 6.42 Å². The van der Waals surface area contributed by atoms with E-state index in [1.54, 1.807) is 27.7 Å². The summed E-state index contributed by atoms with van der Waals surface area (Å²) in [6.45, 7) is 6.95. The molecule has 8 heteroatoms. The molecule has 1 rings (SSSR count). The van der Waals surface area contributed by atoms with Crippen LogP contribution in [0.4, 0.5) is 4.79 Å². The van der Waals surface area contributed by atoms with Gasteiger partial charge in [-0.1, -0.05) is 6.92 Å². The van der Waals surface area contributed by atoms with Gasteiger partial charge in [0.1, 0.15) is 5.60 Å². The molecule has 21 heavy (non-hydrogen) atoms. The van der Waals surface area contributed by atoms with Gasteiger partial charge in [0.05, 0.1) is 11.5 Å². The number of sulfone groups is 1. The lowest BCUT2D eigenvalue weighted by Crippen LogP contribution is -2.59. The molecule has 0 aliphatic carbocycles. The number of amides is 1. The van der Waals surface area contributed by atoms with Crippen LogP contribution in [0.2, 0.25) is 0 Å². The first kappa shape index (κ1) is 17.7. The standard InChI is InChI=1S/C13H23NO6S/c1-5-7-14(11(17)20-12(2,3)4)13(10(15)16)6-8-21(18,19)9-13/h5-9H2,1-4H3,(H,15,16). The Morgan fingerprint density at radius 1 is 1.33 bits per heavy atom. The summed E-state index contributed by atoms with van der Waals surface area (Å²) in [7, 11) is -3.47. The topological polar surface area (TPSA) is 101 Å². The summed E-state index contributed by atoms with van der Waals surface area (Å²) in [5.74, 6) is -2.10. The van der Waals surface area contributed by atoms with Gasteiger partial charge in [0.25, 0.3) is 0 Å². The zero-order valence-corrected chi connectivity index (χ0v) is 13.7. The molecule has 0 aromatic heterocycles. The van der Waals surface area contributed by atoms with Gasteiger partial charge >= 0.3 is 12.1 Å². The van der Waals surface area contributed by atoms with E-state index >= 15 is 0 Å². The molecule has 1 atom stereocenters. The third-order valence-corrected chi connectivity index (χ3v) is 5.00. The summed E-state index contributed by atoms with van der Waals surface area (Å²) in [5, 5.41) is 9.53. The molecule has 1 unspecified atom stereocenters. The van der Waals surface area contributed by atoms with Gasteiger partial charge in [0.15, 0.2) is 15.4 Å². The van der Waals surface area contributed by atoms with Gasteiger partial charge in [-0.15, -0.1) is 0 Å². The first-order valence-corrected chi connectivity index (χ1v) is 8.70. The van der Waals surface area contributed by atoms with Crippen molar-refractivity contribution in [3.63, 3.8) is 0 Å². The van der Waals surface area contributed by atoms with Crippen LogP contribution < -0.4 is 0 Å². The minimum Gasteiger partial charge on any atom is -0.479 e. The van der Waals surface area contributed by atoms with Gasteiger partial charge in [-0.25, -0.2) is 18.0 Å². The van der Waals surface area contributed by atoms with Crippen LogP contribution in [0.5, 0.6) is 0 Å². The molecule has 1 aliphatic rings. The summed E-state index contributed by atoms with van der Waals surface area (Å²) >= 11 is 0. The van der Waals surface area contributed by atoms with Gasteiger partial charge in [0, 0.05) is 6.54 Å². The zero-order chi connectivity index (χ0) is 16.5. The Kier molecular flexibility index (Phi) is 4.92. The number of carboxylic acid groups (broad SMARTS) is 1. The van der Waals surface area contributed by atoms with E-state index in [2.05, 4.69) is 0 Å². The monoisotopic (exact) mass is 321 g/mol. The zero-order valence-electron chi connectivity index (χ0n) is 12.9. The van der Waals surface area contributed by atoms with Crippen molar-refractivity contribution in [2.75, 3.05) is 18.1 Å². The maximum absolute atomic E-state index is 12.3. The Morgan fingerprint density at radius 3 is 2.24 bits per heavy atom. The highest BCUT2D eigenvalue weighted by atomic mass is 32.2. The number of hydrogen-bond donors (Lipinski definition) is 1. The van der Waals surface area contributed by atoms with E-state index < -0.39 is 38.8 Å². The third-order valence-electron chi connectivity index (χ3n) is 3.26. The second kappa shape index (κ2) is 5.82. The Labute approximate surface area is 125 Å². The maximum atomic E-state index is 12.3. The summed E-state index contributed by atoms with van der Waals surface area (Å²) in [5.41, 5.74) is -2.50. The average Bonchev–Trinajstić information content (AvgIpc) is 2.61. The molecule has 1 heterocycles. The van der Waals surface area contributed by atoms with Crippen LogP contribution in [0.1, 0.15) is 40.5 Å². The number of carbonyl (C=O) groups excluding carboxylic acids is 1. The molecule has 0 radical (unpaired) electrons. The SMILES string of the molecule is CCCN(C(=O)OC(C)(C)C)C1(C(=O)O)CCS(=O)(=O)C1. The van der Waals surface area contributed by atoms with E-state index in [1.165, 1.54) is 0 Å². The maximum Gasteiger partial charge on any atom is 0.411 e. The molecule has 1 N–H and O–H groups in total. The molecular weight excluding hydrogens is 298 g/mol. The minimum absolute atomic E-state index is 0.107. The molecule has 0 spiro atoms. The van der Waals surface area contributed by atoms with E-state index in [9.17, 15) is 23.1 Å². The fraction of sp³-hybridized carbons (Fsp3) is 0.846. The molecule has 1 saturated heterocycles. The molecule has 0 saturated carbocycles. The largest absolute Gasteiger partial charge is 0.479 e. The molecule has 122 valence electrons. The number of ether oxygens (including phenoxy) is 1. The lowest BCUT2D eigenvalue weighted by atomic mass is 9.96. The number of carboxylic acids is 1. The summed E-state index contributed by atoms with van der Waals surface area (Å²) in [6.07, 6.45) is -0.387. The van der Waals surface area contributed by atoms with Crippen molar-refractivity contribution < 1.29 is 27.9 Å². The van der Waals surface area contributed by atoms with E-state index in [0.717, 1.165) is 4.90 Å². The first-order chi connectivity index (χ1) is 9.43. The van der Waals surface area contributed by atoms with Crippen molar-refractivity contribution in [1.82, 2.24) is 4.90 Å². The van der Waals surface area contributed by atoms with Gasteiger partial charge in [0.2, 0.25) is 0 Å². The third kappa shape index (κ3) is 4.09. The van der Waals surface area contributed by atoms with Gasteiger partial charge in [-0.3, -0.25) is 4.90 Å². The van der Waals surface area contributed by atoms with Crippen LogP contribution in [-0.4, -0.2) is 59.7 Å². The Balaban J connectivity index is 3.17. The van der Waals surface area contributed by atoms with Crippen molar-refractivity contribution in [3.05, 3.63) is 0 Å². The number of aliphatic carboxylic acids is 1. The number of nitrogens with zero attached hydrogens (tertiary/aromatic N) is 1. The van der Waals surface area contributed by atoms with Gasteiger partial charge in [-0.05, 0) is 33.6 Å². The molecular formula is C13H23NO6S. The quantitative estimate of drug-likeness (QED) is 0.837. The van der Waals surface area contributed by atoms with Crippen LogP contribution in [0.15, 0.2) is 0 Å². The van der Waals surface area contributed by atoms with Crippen molar-refractivity contribution in [2.45, 2.75) is 51.7 Å². The van der Waals surface area contributed by atoms with Crippen molar-refractivity contribution in [2.24, 2.45) is 0 Å². The highest BCUT2D eigenvalue weighted by Gasteiger charge is 2.55. The van der Waals surface area contributed by atoms with Crippen LogP contribution in [0.25, 0.3) is 0 Å². The lowest BCUT2D eigenvalue weighted by Gasteiger charge is -2.37. The predicted molar refractivity (Wildman–Crippen MR) is 76.9 cm³/mol. The van der Waals surface area contributed by atoms with Crippen LogP contribution in [-0.2, 0) is 19.4 Å². The van der Waals surface area contributed by atoms with Crippen LogP contribution >= 0.6 is 0 Å². The van der Waals surface area contributed by atoms with E-state index in [1.807, 2.05) is 0 Å². The Morgan fingerprint density at radius 2 is 1.90 bits per heavy atom. The fourth-order valence-corrected chi connectivity index (χ4v) is 4.29. The molecule has 1 fully saturated rings. The Bertz CT molecular complexity index is 521. The summed E-state index contributed by atoms with van der Waals surface area (Å²) < 4.78 is 28.7. The van der Waals surface area contributed by atoms with Crippen molar-refractivity contribution in [3.8, 4) is 0 Å². The van der Waals surface area contributed by atoms with Gasteiger partial charge < -0.3 is 9.84 Å². The van der Waals surface area contributed by atoms with E-state index in [4.69, 9.17) is 4.74 Å². The molecule has 0 aromatic carbocycles. The highest BCUT2D eigenvalue weighted by molar-refractivity contribution is 7.91. The molecule has 7 nitrogen and oxygen atoms in total. The molecule has 1 amide bonds. The van der Waals surface area contributed by atoms with Crippen LogP contribution in [0.3, 0.4) is 0 Å². The van der Waals surface area contributed by atoms with E-state index in [-0.39, 0.29) is 18.7 Å². The number of rotatable bonds is 4.